The molecule has 2 aromatic heterocycles. The van der Waals surface area contributed by atoms with Crippen molar-refractivity contribution in [3.63, 3.8) is 0 Å². The molecule has 1 amide bonds. The molecule has 0 saturated heterocycles. The maximum Gasteiger partial charge on any atom is 0.418 e. The number of aryl methyl sites for hydroxylation is 1. The zero-order valence-electron chi connectivity index (χ0n) is 20.2. The van der Waals surface area contributed by atoms with E-state index < -0.39 is 17.8 Å². The molecule has 194 valence electrons. The first kappa shape index (κ1) is 25.3. The third kappa shape index (κ3) is 4.48. The number of hydrogen-bond donors (Lipinski definition) is 2. The summed E-state index contributed by atoms with van der Waals surface area (Å²) in [5.74, 6) is -0.367. The Balaban J connectivity index is 1.49. The zero-order chi connectivity index (χ0) is 26.5. The van der Waals surface area contributed by atoms with Gasteiger partial charge < -0.3 is 15.0 Å². The number of aliphatic hydroxyl groups is 1. The van der Waals surface area contributed by atoms with Crippen LogP contribution in [0.15, 0.2) is 49.1 Å². The van der Waals surface area contributed by atoms with Crippen molar-refractivity contribution in [1.29, 1.82) is 0 Å². The molecule has 37 heavy (non-hydrogen) atoms. The van der Waals surface area contributed by atoms with Gasteiger partial charge in [-0.05, 0) is 56.5 Å². The number of carbonyl (C=O) groups excluding carboxylic acids is 1. The Morgan fingerprint density at radius 3 is 2.59 bits per heavy atom. The van der Waals surface area contributed by atoms with Gasteiger partial charge in [0.05, 0.1) is 16.1 Å². The summed E-state index contributed by atoms with van der Waals surface area (Å²) in [5.41, 5.74) is 2.02. The van der Waals surface area contributed by atoms with Crippen LogP contribution in [0.4, 0.5) is 13.2 Å². The van der Waals surface area contributed by atoms with Crippen LogP contribution in [-0.2, 0) is 13.0 Å². The predicted octanol–water partition coefficient (Wildman–Crippen LogP) is 5.30. The fourth-order valence-corrected chi connectivity index (χ4v) is 5.44. The number of halogens is 4. The molecule has 2 N–H and O–H groups in total. The van der Waals surface area contributed by atoms with Crippen LogP contribution in [0.25, 0.3) is 16.6 Å². The van der Waals surface area contributed by atoms with Gasteiger partial charge in [0.2, 0.25) is 0 Å². The molecule has 1 unspecified atom stereocenters. The molecule has 2 aromatic carbocycles. The third-order valence-electron chi connectivity index (χ3n) is 7.22. The van der Waals surface area contributed by atoms with E-state index in [4.69, 9.17) is 11.6 Å². The summed E-state index contributed by atoms with van der Waals surface area (Å²) < 4.78 is 44.3. The lowest BCUT2D eigenvalue weighted by Crippen LogP contribution is -2.53. The van der Waals surface area contributed by atoms with Gasteiger partial charge >= 0.3 is 6.18 Å². The molecule has 2 atom stereocenters. The highest BCUT2D eigenvalue weighted by atomic mass is 35.5. The average molecular weight is 532 g/mol. The Bertz CT molecular complexity index is 1480. The second kappa shape index (κ2) is 9.18. The van der Waals surface area contributed by atoms with E-state index in [0.29, 0.717) is 40.7 Å². The van der Waals surface area contributed by atoms with Gasteiger partial charge in [-0.1, -0.05) is 30.2 Å². The third-order valence-corrected chi connectivity index (χ3v) is 7.54. The molecule has 0 bridgehead atoms. The van der Waals surface area contributed by atoms with E-state index >= 15 is 0 Å². The van der Waals surface area contributed by atoms with Crippen molar-refractivity contribution >= 4 is 28.4 Å². The molecular weight excluding hydrogens is 507 g/mol. The van der Waals surface area contributed by atoms with Gasteiger partial charge in [-0.3, -0.25) is 9.36 Å². The SMILES string of the molecule is CC[C@@]1(NC(=O)c2ccc(-n3cnnc3)cc2Cl)CCc2c(C(O)C(F)(F)F)c3cc(C)ccc3n2C1. The first-order valence-corrected chi connectivity index (χ1v) is 12.2. The minimum Gasteiger partial charge on any atom is -0.379 e. The number of nitrogens with zero attached hydrogens (tertiary/aromatic N) is 4. The lowest BCUT2D eigenvalue weighted by atomic mass is 9.85. The number of benzene rings is 2. The zero-order valence-corrected chi connectivity index (χ0v) is 20.9. The average Bonchev–Trinajstić information content (AvgIpc) is 3.49. The van der Waals surface area contributed by atoms with Gasteiger partial charge in [-0.15, -0.1) is 10.2 Å². The molecule has 4 aromatic rings. The van der Waals surface area contributed by atoms with Crippen molar-refractivity contribution in [2.75, 3.05) is 0 Å². The molecule has 0 aliphatic carbocycles. The predicted molar refractivity (Wildman–Crippen MR) is 133 cm³/mol. The number of alkyl halides is 3. The monoisotopic (exact) mass is 531 g/mol. The molecule has 5 rings (SSSR count). The van der Waals surface area contributed by atoms with E-state index in [2.05, 4.69) is 15.5 Å². The molecular formula is C26H25ClF3N5O2. The number of aromatic nitrogens is 4. The van der Waals surface area contributed by atoms with E-state index in [1.807, 2.05) is 17.6 Å². The molecule has 0 spiro atoms. The summed E-state index contributed by atoms with van der Waals surface area (Å²) in [6.45, 7) is 4.00. The molecule has 1 aliphatic rings. The van der Waals surface area contributed by atoms with Gasteiger partial charge in [0.15, 0.2) is 6.10 Å². The molecule has 3 heterocycles. The smallest absolute Gasteiger partial charge is 0.379 e. The summed E-state index contributed by atoms with van der Waals surface area (Å²) in [7, 11) is 0. The van der Waals surface area contributed by atoms with E-state index in [9.17, 15) is 23.1 Å². The van der Waals surface area contributed by atoms with E-state index in [1.54, 1.807) is 41.8 Å². The van der Waals surface area contributed by atoms with Crippen LogP contribution in [0, 0.1) is 6.92 Å². The standard InChI is InChI=1S/C26H25ClF3N5O2/c1-3-25(33-24(37)17-6-5-16(11-19(17)27)34-13-31-32-14-34)9-8-21-22(23(36)26(28,29)30)18-10-15(2)4-7-20(18)35(21)12-25/h4-7,10-11,13-14,23,36H,3,8-9,12H2,1-2H3,(H,33,37)/t23?,25-/m1/s1. The van der Waals surface area contributed by atoms with Crippen LogP contribution in [0.1, 0.15) is 53.0 Å². The first-order valence-electron chi connectivity index (χ1n) is 11.9. The number of nitrogens with one attached hydrogen (secondary N) is 1. The Morgan fingerprint density at radius 1 is 1.22 bits per heavy atom. The van der Waals surface area contributed by atoms with Crippen LogP contribution < -0.4 is 5.32 Å². The van der Waals surface area contributed by atoms with E-state index in [-0.39, 0.29) is 29.5 Å². The lowest BCUT2D eigenvalue weighted by molar-refractivity contribution is -0.206. The van der Waals surface area contributed by atoms with Gasteiger partial charge in [0.25, 0.3) is 5.91 Å². The highest BCUT2D eigenvalue weighted by Gasteiger charge is 2.45. The van der Waals surface area contributed by atoms with Crippen LogP contribution >= 0.6 is 11.6 Å². The highest BCUT2D eigenvalue weighted by molar-refractivity contribution is 6.34. The van der Waals surface area contributed by atoms with E-state index in [1.165, 1.54) is 12.7 Å². The topological polar surface area (TPSA) is 85.0 Å². The quantitative estimate of drug-likeness (QED) is 0.366. The van der Waals surface area contributed by atoms with Crippen LogP contribution in [0.5, 0.6) is 0 Å². The Kier molecular flexibility index (Phi) is 6.27. The maximum absolute atomic E-state index is 13.6. The second-order valence-electron chi connectivity index (χ2n) is 9.53. The van der Waals surface area contributed by atoms with Gasteiger partial charge in [-0.2, -0.15) is 13.2 Å². The van der Waals surface area contributed by atoms with Crippen molar-refractivity contribution in [1.82, 2.24) is 24.6 Å². The molecule has 0 radical (unpaired) electrons. The number of rotatable bonds is 5. The minimum absolute atomic E-state index is 0.102. The number of fused-ring (bicyclic) bond motifs is 3. The van der Waals surface area contributed by atoms with Crippen LogP contribution in [-0.4, -0.2) is 42.1 Å². The van der Waals surface area contributed by atoms with Crippen LogP contribution in [0.2, 0.25) is 5.02 Å². The largest absolute Gasteiger partial charge is 0.418 e. The van der Waals surface area contributed by atoms with Crippen LogP contribution in [0.3, 0.4) is 0 Å². The van der Waals surface area contributed by atoms with Crippen molar-refractivity contribution in [3.8, 4) is 5.69 Å². The van der Waals surface area contributed by atoms with E-state index in [0.717, 1.165) is 5.56 Å². The fraction of sp³-hybridized carbons (Fsp3) is 0.346. The lowest BCUT2D eigenvalue weighted by Gasteiger charge is -2.39. The second-order valence-corrected chi connectivity index (χ2v) is 9.94. The van der Waals surface area contributed by atoms with Gasteiger partial charge in [0, 0.05) is 34.4 Å². The maximum atomic E-state index is 13.6. The van der Waals surface area contributed by atoms with Crippen molar-refractivity contribution in [3.05, 3.63) is 76.5 Å². The van der Waals surface area contributed by atoms with Gasteiger partial charge in [0.1, 0.15) is 12.7 Å². The summed E-state index contributed by atoms with van der Waals surface area (Å²) in [5, 5.41) is 21.5. The first-order chi connectivity index (χ1) is 17.5. The number of aliphatic hydroxyl groups excluding tert-OH is 1. The highest BCUT2D eigenvalue weighted by Crippen LogP contribution is 2.43. The molecule has 0 saturated carbocycles. The van der Waals surface area contributed by atoms with Crippen molar-refractivity contribution < 1.29 is 23.1 Å². The molecule has 0 fully saturated rings. The Labute approximate surface area is 215 Å². The number of amides is 1. The summed E-state index contributed by atoms with van der Waals surface area (Å²) in [6.07, 6.45) is -3.10. The minimum atomic E-state index is -4.79. The molecule has 7 nitrogen and oxygen atoms in total. The van der Waals surface area contributed by atoms with Gasteiger partial charge in [-0.25, -0.2) is 0 Å². The summed E-state index contributed by atoms with van der Waals surface area (Å²) in [6, 6.07) is 10.3. The number of hydrogen-bond acceptors (Lipinski definition) is 4. The summed E-state index contributed by atoms with van der Waals surface area (Å²) in [4.78, 5) is 13.3. The Hall–Kier alpha value is -3.37. The van der Waals surface area contributed by atoms with Crippen molar-refractivity contribution in [2.24, 2.45) is 0 Å². The fourth-order valence-electron chi connectivity index (χ4n) is 5.18. The molecule has 11 heteroatoms. The molecule has 1 aliphatic heterocycles. The summed E-state index contributed by atoms with van der Waals surface area (Å²) >= 11 is 6.45. The number of carbonyl (C=O) groups is 1. The normalized spacial score (nSPS) is 18.6. The Morgan fingerprint density at radius 2 is 1.95 bits per heavy atom. The van der Waals surface area contributed by atoms with Crippen molar-refractivity contribution in [2.45, 2.75) is 57.5 Å².